The molecule has 0 bridgehead atoms. The van der Waals surface area contributed by atoms with Crippen molar-refractivity contribution in [2.75, 3.05) is 0 Å². The molecule has 1 aromatic carbocycles. The molecular formula is C7H5Br2NO3. The van der Waals surface area contributed by atoms with Crippen LogP contribution < -0.4 is 0 Å². The minimum Gasteiger partial charge on any atom is -0.392 e. The molecule has 0 heterocycles. The van der Waals surface area contributed by atoms with Crippen LogP contribution in [-0.4, -0.2) is 10.0 Å². The van der Waals surface area contributed by atoms with E-state index in [0.29, 0.717) is 14.5 Å². The molecule has 0 aromatic heterocycles. The molecule has 0 saturated carbocycles. The van der Waals surface area contributed by atoms with Crippen LogP contribution in [0.15, 0.2) is 21.1 Å². The van der Waals surface area contributed by atoms with Gasteiger partial charge >= 0.3 is 0 Å². The Morgan fingerprint density at radius 1 is 1.46 bits per heavy atom. The van der Waals surface area contributed by atoms with E-state index in [4.69, 9.17) is 5.11 Å². The van der Waals surface area contributed by atoms with E-state index < -0.39 is 4.92 Å². The fraction of sp³-hybridized carbons (Fsp3) is 0.143. The van der Waals surface area contributed by atoms with E-state index in [1.54, 1.807) is 6.07 Å². The van der Waals surface area contributed by atoms with E-state index in [2.05, 4.69) is 31.9 Å². The highest BCUT2D eigenvalue weighted by Crippen LogP contribution is 2.33. The summed E-state index contributed by atoms with van der Waals surface area (Å²) in [4.78, 5) is 10.0. The average Bonchev–Trinajstić information content (AvgIpc) is 2.09. The lowest BCUT2D eigenvalue weighted by atomic mass is 10.2. The molecule has 0 fully saturated rings. The zero-order valence-electron chi connectivity index (χ0n) is 6.33. The molecule has 6 heteroatoms. The lowest BCUT2D eigenvalue weighted by Gasteiger charge is -2.01. The Labute approximate surface area is 91.0 Å². The van der Waals surface area contributed by atoms with Crippen molar-refractivity contribution in [3.05, 3.63) is 36.8 Å². The number of nitro groups is 1. The van der Waals surface area contributed by atoms with E-state index >= 15 is 0 Å². The predicted molar refractivity (Wildman–Crippen MR) is 54.4 cm³/mol. The molecule has 0 atom stereocenters. The van der Waals surface area contributed by atoms with Gasteiger partial charge in [-0.05, 0) is 43.5 Å². The zero-order valence-corrected chi connectivity index (χ0v) is 9.50. The Morgan fingerprint density at radius 3 is 2.54 bits per heavy atom. The molecule has 13 heavy (non-hydrogen) atoms. The molecule has 1 rings (SSSR count). The molecule has 70 valence electrons. The first-order valence-electron chi connectivity index (χ1n) is 3.29. The van der Waals surface area contributed by atoms with Gasteiger partial charge < -0.3 is 5.11 Å². The Kier molecular flexibility index (Phi) is 3.40. The lowest BCUT2D eigenvalue weighted by molar-refractivity contribution is -0.385. The van der Waals surface area contributed by atoms with Gasteiger partial charge in [0.1, 0.15) is 4.47 Å². The summed E-state index contributed by atoms with van der Waals surface area (Å²) in [6, 6.07) is 2.95. The highest BCUT2D eigenvalue weighted by molar-refractivity contribution is 9.13. The Balaban J connectivity index is 3.33. The standard InChI is InChI=1S/C7H5Br2NO3/c8-5-1-4(3-11)2-6(7(5)9)10(12)13/h1-2,11H,3H2. The molecular weight excluding hydrogens is 306 g/mol. The summed E-state index contributed by atoms with van der Waals surface area (Å²) in [5, 5.41) is 19.3. The maximum absolute atomic E-state index is 10.5. The van der Waals surface area contributed by atoms with Crippen molar-refractivity contribution in [2.24, 2.45) is 0 Å². The highest BCUT2D eigenvalue weighted by Gasteiger charge is 2.15. The Morgan fingerprint density at radius 2 is 2.08 bits per heavy atom. The summed E-state index contributed by atoms with van der Waals surface area (Å²) in [6.45, 7) is -0.216. The smallest absolute Gasteiger partial charge is 0.285 e. The van der Waals surface area contributed by atoms with E-state index in [1.807, 2.05) is 0 Å². The third kappa shape index (κ3) is 2.26. The number of halogens is 2. The molecule has 4 nitrogen and oxygen atoms in total. The normalized spacial score (nSPS) is 10.1. The quantitative estimate of drug-likeness (QED) is 0.674. The first-order chi connectivity index (χ1) is 6.06. The number of benzene rings is 1. The van der Waals surface area contributed by atoms with Gasteiger partial charge in [0.15, 0.2) is 0 Å². The third-order valence-corrected chi connectivity index (χ3v) is 3.44. The second-order valence-electron chi connectivity index (χ2n) is 2.33. The van der Waals surface area contributed by atoms with Crippen LogP contribution in [0.5, 0.6) is 0 Å². The number of hydrogen-bond donors (Lipinski definition) is 1. The second kappa shape index (κ2) is 4.17. The highest BCUT2D eigenvalue weighted by atomic mass is 79.9. The first-order valence-corrected chi connectivity index (χ1v) is 4.88. The molecule has 1 N–H and O–H groups in total. The van der Waals surface area contributed by atoms with Crippen molar-refractivity contribution in [3.8, 4) is 0 Å². The van der Waals surface area contributed by atoms with E-state index in [9.17, 15) is 10.1 Å². The first kappa shape index (κ1) is 10.6. The van der Waals surface area contributed by atoms with Gasteiger partial charge in [-0.3, -0.25) is 10.1 Å². The van der Waals surface area contributed by atoms with Crippen LogP contribution >= 0.6 is 31.9 Å². The Bertz CT molecular complexity index is 354. The molecule has 0 aliphatic carbocycles. The monoisotopic (exact) mass is 309 g/mol. The molecule has 0 aliphatic heterocycles. The van der Waals surface area contributed by atoms with Crippen LogP contribution in [0, 0.1) is 10.1 Å². The molecule has 0 saturated heterocycles. The summed E-state index contributed by atoms with van der Waals surface area (Å²) in [5.74, 6) is 0. The number of aliphatic hydroxyl groups is 1. The summed E-state index contributed by atoms with van der Waals surface area (Å²) in [7, 11) is 0. The fourth-order valence-electron chi connectivity index (χ4n) is 0.853. The fourth-order valence-corrected chi connectivity index (χ4v) is 1.72. The van der Waals surface area contributed by atoms with Crippen molar-refractivity contribution in [3.63, 3.8) is 0 Å². The zero-order chi connectivity index (χ0) is 10.0. The summed E-state index contributed by atoms with van der Waals surface area (Å²) in [6.07, 6.45) is 0. The number of nitro benzene ring substituents is 1. The number of nitrogens with zero attached hydrogens (tertiary/aromatic N) is 1. The van der Waals surface area contributed by atoms with Gasteiger partial charge in [0, 0.05) is 10.5 Å². The second-order valence-corrected chi connectivity index (χ2v) is 3.97. The lowest BCUT2D eigenvalue weighted by Crippen LogP contribution is -1.93. The topological polar surface area (TPSA) is 63.4 Å². The van der Waals surface area contributed by atoms with Crippen molar-refractivity contribution in [1.82, 2.24) is 0 Å². The summed E-state index contributed by atoms with van der Waals surface area (Å²) < 4.78 is 0.945. The maximum atomic E-state index is 10.5. The van der Waals surface area contributed by atoms with Crippen LogP contribution in [0.2, 0.25) is 0 Å². The van der Waals surface area contributed by atoms with Gasteiger partial charge in [-0.25, -0.2) is 0 Å². The van der Waals surface area contributed by atoms with Crippen molar-refractivity contribution in [1.29, 1.82) is 0 Å². The SMILES string of the molecule is O=[N+]([O-])c1cc(CO)cc(Br)c1Br. The van der Waals surface area contributed by atoms with Crippen LogP contribution in [0.3, 0.4) is 0 Å². The minimum atomic E-state index is -0.506. The predicted octanol–water partition coefficient (Wildman–Crippen LogP) is 2.61. The largest absolute Gasteiger partial charge is 0.392 e. The Hall–Kier alpha value is -0.460. The van der Waals surface area contributed by atoms with Crippen molar-refractivity contribution in [2.45, 2.75) is 6.61 Å². The molecule has 0 amide bonds. The van der Waals surface area contributed by atoms with Gasteiger partial charge in [-0.15, -0.1) is 0 Å². The molecule has 1 aromatic rings. The minimum absolute atomic E-state index is 0.0570. The van der Waals surface area contributed by atoms with Gasteiger partial charge in [0.05, 0.1) is 11.5 Å². The van der Waals surface area contributed by atoms with E-state index in [1.165, 1.54) is 6.07 Å². The third-order valence-electron chi connectivity index (χ3n) is 1.45. The van der Waals surface area contributed by atoms with Gasteiger partial charge in [0.2, 0.25) is 0 Å². The summed E-state index contributed by atoms with van der Waals surface area (Å²) in [5.41, 5.74) is 0.445. The van der Waals surface area contributed by atoms with Crippen LogP contribution in [0.1, 0.15) is 5.56 Å². The van der Waals surface area contributed by atoms with E-state index in [-0.39, 0.29) is 12.3 Å². The van der Waals surface area contributed by atoms with Gasteiger partial charge in [-0.1, -0.05) is 0 Å². The molecule has 0 unspecified atom stereocenters. The van der Waals surface area contributed by atoms with Crippen molar-refractivity contribution < 1.29 is 10.0 Å². The van der Waals surface area contributed by atoms with Gasteiger partial charge in [0.25, 0.3) is 5.69 Å². The van der Waals surface area contributed by atoms with Gasteiger partial charge in [-0.2, -0.15) is 0 Å². The van der Waals surface area contributed by atoms with E-state index in [0.717, 1.165) is 0 Å². The molecule has 0 spiro atoms. The molecule has 0 radical (unpaired) electrons. The number of hydrogen-bond acceptors (Lipinski definition) is 3. The number of rotatable bonds is 2. The number of aliphatic hydroxyl groups excluding tert-OH is 1. The van der Waals surface area contributed by atoms with Crippen LogP contribution in [-0.2, 0) is 6.61 Å². The average molecular weight is 311 g/mol. The van der Waals surface area contributed by atoms with Crippen molar-refractivity contribution >= 4 is 37.5 Å². The van der Waals surface area contributed by atoms with Crippen LogP contribution in [0.4, 0.5) is 5.69 Å². The van der Waals surface area contributed by atoms with Crippen LogP contribution in [0.25, 0.3) is 0 Å². The summed E-state index contributed by atoms with van der Waals surface area (Å²) >= 11 is 6.22. The maximum Gasteiger partial charge on any atom is 0.285 e. The molecule has 0 aliphatic rings.